The van der Waals surface area contributed by atoms with Crippen LogP contribution in [0.1, 0.15) is 36.4 Å². The molecule has 1 aliphatic carbocycles. The zero-order chi connectivity index (χ0) is 16.1. The summed E-state index contributed by atoms with van der Waals surface area (Å²) in [4.78, 5) is 0. The van der Waals surface area contributed by atoms with Gasteiger partial charge in [0.05, 0.1) is 23.0 Å². The second-order valence-corrected chi connectivity index (χ2v) is 7.97. The summed E-state index contributed by atoms with van der Waals surface area (Å²) in [5, 5.41) is 9.29. The Morgan fingerprint density at radius 2 is 1.82 bits per heavy atom. The number of hydrogen-bond donors (Lipinski definition) is 1. The van der Waals surface area contributed by atoms with Gasteiger partial charge in [0.2, 0.25) is 10.0 Å². The summed E-state index contributed by atoms with van der Waals surface area (Å²) >= 11 is 0. The minimum Gasteiger partial charge on any atom is -0.392 e. The maximum absolute atomic E-state index is 13.2. The van der Waals surface area contributed by atoms with Gasteiger partial charge >= 0.3 is 6.18 Å². The highest BCUT2D eigenvalue weighted by Gasteiger charge is 2.48. The van der Waals surface area contributed by atoms with Crippen molar-refractivity contribution < 1.29 is 26.7 Å². The van der Waals surface area contributed by atoms with Crippen LogP contribution >= 0.6 is 0 Å². The minimum absolute atomic E-state index is 0.0148. The van der Waals surface area contributed by atoms with Gasteiger partial charge in [-0.1, -0.05) is 18.2 Å². The summed E-state index contributed by atoms with van der Waals surface area (Å²) in [6, 6.07) is 4.01. The van der Waals surface area contributed by atoms with E-state index < -0.39 is 39.2 Å². The number of β-amino-alcohol motifs (C(OH)–C–C–N with tert-alkyl or cyclic N) is 1. The molecule has 1 aliphatic heterocycles. The number of nitrogens with zero attached hydrogens (tertiary/aromatic N) is 1. The van der Waals surface area contributed by atoms with Gasteiger partial charge in [-0.05, 0) is 30.9 Å². The molecule has 8 heteroatoms. The summed E-state index contributed by atoms with van der Waals surface area (Å²) in [5.41, 5.74) is -0.930. The van der Waals surface area contributed by atoms with Crippen LogP contribution in [0.5, 0.6) is 0 Å². The van der Waals surface area contributed by atoms with Gasteiger partial charge in [-0.3, -0.25) is 0 Å². The van der Waals surface area contributed by atoms with E-state index in [0.717, 1.165) is 10.4 Å². The van der Waals surface area contributed by atoms with Crippen molar-refractivity contribution in [1.29, 1.82) is 0 Å². The lowest BCUT2D eigenvalue weighted by Gasteiger charge is -2.26. The highest BCUT2D eigenvalue weighted by atomic mass is 32.2. The number of sulfonamides is 1. The normalized spacial score (nSPS) is 27.3. The number of benzene rings is 1. The molecule has 0 amide bonds. The van der Waals surface area contributed by atoms with Crippen LogP contribution in [0.3, 0.4) is 0 Å². The predicted octanol–water partition coefficient (Wildman–Crippen LogP) is 2.31. The Morgan fingerprint density at radius 3 is 2.41 bits per heavy atom. The zero-order valence-corrected chi connectivity index (χ0v) is 12.4. The van der Waals surface area contributed by atoms with Crippen molar-refractivity contribution in [2.75, 3.05) is 6.54 Å². The molecule has 0 bridgehead atoms. The van der Waals surface area contributed by atoms with Crippen LogP contribution < -0.4 is 0 Å². The van der Waals surface area contributed by atoms with Crippen LogP contribution in [0.4, 0.5) is 13.2 Å². The van der Waals surface area contributed by atoms with Gasteiger partial charge < -0.3 is 5.11 Å². The minimum atomic E-state index is -4.56. The van der Waals surface area contributed by atoms with E-state index >= 15 is 0 Å². The van der Waals surface area contributed by atoms with Gasteiger partial charge in [0.25, 0.3) is 0 Å². The van der Waals surface area contributed by atoms with Crippen molar-refractivity contribution in [2.24, 2.45) is 0 Å². The Hall–Kier alpha value is -1.12. The molecule has 0 unspecified atom stereocenters. The summed E-state index contributed by atoms with van der Waals surface area (Å²) < 4.78 is 65.4. The topological polar surface area (TPSA) is 57.6 Å². The Kier molecular flexibility index (Phi) is 3.73. The number of hydrogen-bond acceptors (Lipinski definition) is 3. The number of alkyl halides is 3. The second kappa shape index (κ2) is 5.21. The summed E-state index contributed by atoms with van der Waals surface area (Å²) in [6.45, 7) is -0.143. The fraction of sp³-hybridized carbons (Fsp3) is 0.571. The average Bonchev–Trinajstić information content (AvgIpc) is 3.21. The monoisotopic (exact) mass is 335 g/mol. The number of halogens is 3. The third-order valence-corrected chi connectivity index (χ3v) is 6.50. The quantitative estimate of drug-likeness (QED) is 0.922. The van der Waals surface area contributed by atoms with Gasteiger partial charge in [0, 0.05) is 6.54 Å². The maximum Gasteiger partial charge on any atom is 0.416 e. The molecular formula is C14H16F3NO3S. The Balaban J connectivity index is 2.03. The molecule has 22 heavy (non-hydrogen) atoms. The molecule has 1 saturated heterocycles. The molecule has 0 spiro atoms. The molecule has 1 aromatic rings. The summed E-state index contributed by atoms with van der Waals surface area (Å²) in [6.07, 6.45) is -4.46. The van der Waals surface area contributed by atoms with E-state index in [1.807, 2.05) is 0 Å². The molecule has 1 heterocycles. The van der Waals surface area contributed by atoms with Crippen LogP contribution in [0.2, 0.25) is 0 Å². The molecule has 1 aromatic carbocycles. The molecule has 1 saturated carbocycles. The van der Waals surface area contributed by atoms with Gasteiger partial charge in [-0.2, -0.15) is 17.5 Å². The molecule has 2 fully saturated rings. The van der Waals surface area contributed by atoms with Crippen molar-refractivity contribution in [3.05, 3.63) is 35.4 Å². The van der Waals surface area contributed by atoms with Gasteiger partial charge in [-0.25, -0.2) is 8.42 Å². The highest BCUT2D eigenvalue weighted by molar-refractivity contribution is 7.90. The molecule has 3 rings (SSSR count). The van der Waals surface area contributed by atoms with Crippen molar-refractivity contribution in [2.45, 2.75) is 42.8 Å². The number of rotatable bonds is 3. The van der Waals surface area contributed by atoms with Crippen LogP contribution in [-0.2, 0) is 16.2 Å². The Labute approximate surface area is 126 Å². The zero-order valence-electron chi connectivity index (χ0n) is 11.6. The second-order valence-electron chi connectivity index (χ2n) is 5.80. The van der Waals surface area contributed by atoms with Gasteiger partial charge in [0.1, 0.15) is 0 Å². The van der Waals surface area contributed by atoms with Crippen LogP contribution in [0.25, 0.3) is 0 Å². The smallest absolute Gasteiger partial charge is 0.392 e. The van der Waals surface area contributed by atoms with E-state index in [2.05, 4.69) is 0 Å². The highest BCUT2D eigenvalue weighted by Crippen LogP contribution is 2.44. The van der Waals surface area contributed by atoms with E-state index in [1.165, 1.54) is 18.2 Å². The van der Waals surface area contributed by atoms with Crippen molar-refractivity contribution in [3.8, 4) is 0 Å². The Morgan fingerprint density at radius 1 is 1.18 bits per heavy atom. The van der Waals surface area contributed by atoms with Crippen molar-refractivity contribution in [1.82, 2.24) is 4.31 Å². The van der Waals surface area contributed by atoms with E-state index in [1.54, 1.807) is 0 Å². The lowest BCUT2D eigenvalue weighted by molar-refractivity contribution is -0.138. The number of aliphatic hydroxyl groups is 1. The van der Waals surface area contributed by atoms with Crippen LogP contribution in [0, 0.1) is 0 Å². The average molecular weight is 335 g/mol. The van der Waals surface area contributed by atoms with Gasteiger partial charge in [-0.15, -0.1) is 0 Å². The molecular weight excluding hydrogens is 319 g/mol. The van der Waals surface area contributed by atoms with Crippen LogP contribution in [0.15, 0.2) is 24.3 Å². The number of aliphatic hydroxyl groups excluding tert-OH is 1. The first kappa shape index (κ1) is 15.8. The lowest BCUT2D eigenvalue weighted by atomic mass is 9.98. The van der Waals surface area contributed by atoms with E-state index in [0.29, 0.717) is 12.8 Å². The van der Waals surface area contributed by atoms with E-state index in [-0.39, 0.29) is 18.5 Å². The van der Waals surface area contributed by atoms with E-state index in [4.69, 9.17) is 0 Å². The molecule has 2 atom stereocenters. The molecule has 2 aliphatic rings. The summed E-state index contributed by atoms with van der Waals surface area (Å²) in [5.74, 6) is 0. The van der Waals surface area contributed by atoms with Crippen LogP contribution in [-0.4, -0.2) is 35.7 Å². The third kappa shape index (κ3) is 2.75. The fourth-order valence-electron chi connectivity index (χ4n) is 2.95. The first-order chi connectivity index (χ1) is 10.2. The molecule has 1 N–H and O–H groups in total. The van der Waals surface area contributed by atoms with Gasteiger partial charge in [0.15, 0.2) is 0 Å². The van der Waals surface area contributed by atoms with Crippen molar-refractivity contribution in [3.63, 3.8) is 0 Å². The summed E-state index contributed by atoms with van der Waals surface area (Å²) in [7, 11) is -3.65. The molecule has 122 valence electrons. The first-order valence-electron chi connectivity index (χ1n) is 7.06. The maximum atomic E-state index is 13.2. The van der Waals surface area contributed by atoms with E-state index in [9.17, 15) is 26.7 Å². The molecule has 0 radical (unpaired) electrons. The SMILES string of the molecule is O=S(=O)(C1CC1)N1C[C@H](O)C[C@H]1c1ccccc1C(F)(F)F. The first-order valence-corrected chi connectivity index (χ1v) is 8.56. The largest absolute Gasteiger partial charge is 0.416 e. The lowest BCUT2D eigenvalue weighted by Crippen LogP contribution is -2.35. The third-order valence-electron chi connectivity index (χ3n) is 4.13. The standard InChI is InChI=1S/C14H16F3NO3S/c15-14(16,17)12-4-2-1-3-11(12)13-7-9(19)8-18(13)22(20,21)10-5-6-10/h1-4,9-10,13,19H,5-8H2/t9-,13+/m1/s1. The molecule has 4 nitrogen and oxygen atoms in total. The predicted molar refractivity (Wildman–Crippen MR) is 73.5 cm³/mol. The fourth-order valence-corrected chi connectivity index (χ4v) is 5.00. The Bertz CT molecular complexity index is 670. The molecule has 0 aromatic heterocycles. The van der Waals surface area contributed by atoms with Crippen molar-refractivity contribution >= 4 is 10.0 Å².